The van der Waals surface area contributed by atoms with Gasteiger partial charge in [0.25, 0.3) is 0 Å². The van der Waals surface area contributed by atoms with Gasteiger partial charge in [0, 0.05) is 44.1 Å². The maximum atomic E-state index is 11.8. The highest BCUT2D eigenvalue weighted by molar-refractivity contribution is 6.06. The maximum absolute atomic E-state index is 11.8. The van der Waals surface area contributed by atoms with E-state index in [1.807, 2.05) is 25.1 Å². The third kappa shape index (κ3) is 3.74. The third-order valence-corrected chi connectivity index (χ3v) is 4.73. The fraction of sp³-hybridized carbons (Fsp3) is 0.500. The summed E-state index contributed by atoms with van der Waals surface area (Å²) in [5.74, 6) is -0.00700. The van der Waals surface area contributed by atoms with Crippen LogP contribution in [0.15, 0.2) is 23.3 Å². The quantitative estimate of drug-likeness (QED) is 0.795. The largest absolute Gasteiger partial charge is 0.450 e. The summed E-state index contributed by atoms with van der Waals surface area (Å²) in [6.45, 7) is 6.79. The number of anilines is 2. The van der Waals surface area contributed by atoms with Crippen molar-refractivity contribution in [2.45, 2.75) is 20.3 Å². The van der Waals surface area contributed by atoms with Crippen LogP contribution in [-0.2, 0) is 9.53 Å². The van der Waals surface area contributed by atoms with Crippen molar-refractivity contribution in [1.82, 2.24) is 10.3 Å². The summed E-state index contributed by atoms with van der Waals surface area (Å²) < 4.78 is 5.05. The van der Waals surface area contributed by atoms with Crippen LogP contribution in [0.4, 0.5) is 16.2 Å². The molecule has 26 heavy (non-hydrogen) atoms. The minimum Gasteiger partial charge on any atom is -0.450 e. The lowest BCUT2D eigenvalue weighted by Crippen LogP contribution is -2.49. The van der Waals surface area contributed by atoms with Gasteiger partial charge in [-0.05, 0) is 19.1 Å². The molecule has 0 saturated carbocycles. The van der Waals surface area contributed by atoms with Crippen LogP contribution < -0.4 is 16.1 Å². The van der Waals surface area contributed by atoms with E-state index >= 15 is 0 Å². The zero-order valence-corrected chi connectivity index (χ0v) is 15.2. The Morgan fingerprint density at radius 3 is 2.69 bits per heavy atom. The summed E-state index contributed by atoms with van der Waals surface area (Å²) in [4.78, 5) is 27.1. The minimum atomic E-state index is -0.262. The molecule has 1 saturated heterocycles. The van der Waals surface area contributed by atoms with Gasteiger partial charge in [-0.2, -0.15) is 5.10 Å². The molecule has 3 N–H and O–H groups in total. The van der Waals surface area contributed by atoms with E-state index in [0.29, 0.717) is 44.9 Å². The summed E-state index contributed by atoms with van der Waals surface area (Å²) in [6.07, 6.45) is 0.165. The van der Waals surface area contributed by atoms with Gasteiger partial charge in [-0.25, -0.2) is 10.2 Å². The molecule has 1 aromatic carbocycles. The van der Waals surface area contributed by atoms with Gasteiger partial charge in [0.1, 0.15) is 0 Å². The summed E-state index contributed by atoms with van der Waals surface area (Å²) >= 11 is 0. The Morgan fingerprint density at radius 2 is 2.08 bits per heavy atom. The van der Waals surface area contributed by atoms with Crippen molar-refractivity contribution in [2.24, 2.45) is 11.0 Å². The number of carbonyl (C=O) groups excluding carboxylic acids is 2. The second-order valence-electron chi connectivity index (χ2n) is 6.58. The molecule has 0 bridgehead atoms. The molecular formula is C18H25N5O3. The number of nitrogens with two attached hydrogens (primary N) is 1. The molecule has 0 aromatic heterocycles. The molecule has 0 spiro atoms. The van der Waals surface area contributed by atoms with Gasteiger partial charge in [-0.1, -0.05) is 13.0 Å². The molecule has 2 amide bonds. The zero-order chi connectivity index (χ0) is 18.7. The molecule has 140 valence electrons. The molecule has 0 aliphatic carbocycles. The lowest BCUT2D eigenvalue weighted by Gasteiger charge is -2.36. The molecule has 1 aromatic rings. The van der Waals surface area contributed by atoms with Gasteiger partial charge in [0.2, 0.25) is 5.91 Å². The monoisotopic (exact) mass is 359 g/mol. The molecule has 1 atom stereocenters. The van der Waals surface area contributed by atoms with E-state index in [1.165, 1.54) is 0 Å². The lowest BCUT2D eigenvalue weighted by molar-refractivity contribution is -0.121. The van der Waals surface area contributed by atoms with Crippen molar-refractivity contribution >= 4 is 29.1 Å². The van der Waals surface area contributed by atoms with Gasteiger partial charge >= 0.3 is 6.09 Å². The Kier molecular flexibility index (Phi) is 5.29. The molecule has 8 nitrogen and oxygen atoms in total. The first-order valence-electron chi connectivity index (χ1n) is 8.92. The van der Waals surface area contributed by atoms with Crippen LogP contribution in [0.1, 0.15) is 25.8 Å². The van der Waals surface area contributed by atoms with Crippen LogP contribution in [0.3, 0.4) is 0 Å². The first-order chi connectivity index (χ1) is 12.5. The molecule has 3 rings (SSSR count). The van der Waals surface area contributed by atoms with Gasteiger partial charge in [-0.15, -0.1) is 0 Å². The highest BCUT2D eigenvalue weighted by atomic mass is 16.6. The summed E-state index contributed by atoms with van der Waals surface area (Å²) in [5, 5.41) is 4.18. The second-order valence-corrected chi connectivity index (χ2v) is 6.58. The first-order valence-corrected chi connectivity index (χ1v) is 8.92. The maximum Gasteiger partial charge on any atom is 0.409 e. The topological polar surface area (TPSA) is 100 Å². The number of hydrogen-bond donors (Lipinski definition) is 2. The van der Waals surface area contributed by atoms with Gasteiger partial charge < -0.3 is 20.3 Å². The number of hydrogen-bond acceptors (Lipinski definition) is 6. The molecule has 0 radical (unpaired) electrons. The van der Waals surface area contributed by atoms with E-state index in [2.05, 4.69) is 15.4 Å². The Labute approximate surface area is 153 Å². The number of nitrogen functional groups attached to an aromatic ring is 1. The van der Waals surface area contributed by atoms with Crippen molar-refractivity contribution in [3.63, 3.8) is 0 Å². The molecule has 2 aliphatic heterocycles. The van der Waals surface area contributed by atoms with Gasteiger partial charge in [0.05, 0.1) is 23.7 Å². The SMILES string of the molecule is CCOC(=O)N1CCN(c2ccc(C3=NNC(=O)CC3C)cc2N)CC1. The van der Waals surface area contributed by atoms with Crippen LogP contribution in [0.25, 0.3) is 0 Å². The molecule has 1 fully saturated rings. The van der Waals surface area contributed by atoms with E-state index in [0.717, 1.165) is 17.0 Å². The van der Waals surface area contributed by atoms with E-state index in [9.17, 15) is 9.59 Å². The van der Waals surface area contributed by atoms with Crippen LogP contribution in [-0.4, -0.2) is 55.4 Å². The van der Waals surface area contributed by atoms with Crippen molar-refractivity contribution in [3.8, 4) is 0 Å². The number of nitrogens with zero attached hydrogens (tertiary/aromatic N) is 3. The highest BCUT2D eigenvalue weighted by Crippen LogP contribution is 2.27. The number of benzene rings is 1. The zero-order valence-electron chi connectivity index (χ0n) is 15.2. The number of ether oxygens (including phenoxy) is 1. The number of rotatable bonds is 3. The molecule has 1 unspecified atom stereocenters. The molecular weight excluding hydrogens is 334 g/mol. The predicted molar refractivity (Wildman–Crippen MR) is 100 cm³/mol. The number of nitrogens with one attached hydrogen (secondary N) is 1. The van der Waals surface area contributed by atoms with Crippen LogP contribution >= 0.6 is 0 Å². The van der Waals surface area contributed by atoms with Crippen molar-refractivity contribution in [1.29, 1.82) is 0 Å². The Morgan fingerprint density at radius 1 is 1.35 bits per heavy atom. The third-order valence-electron chi connectivity index (χ3n) is 4.73. The van der Waals surface area contributed by atoms with Gasteiger partial charge in [0.15, 0.2) is 0 Å². The van der Waals surface area contributed by atoms with Crippen LogP contribution in [0.5, 0.6) is 0 Å². The van der Waals surface area contributed by atoms with E-state index in [-0.39, 0.29) is 17.9 Å². The smallest absolute Gasteiger partial charge is 0.409 e. The lowest BCUT2D eigenvalue weighted by atomic mass is 9.93. The number of piperazine rings is 1. The second kappa shape index (κ2) is 7.63. The van der Waals surface area contributed by atoms with Gasteiger partial charge in [-0.3, -0.25) is 4.79 Å². The molecule has 2 heterocycles. The van der Waals surface area contributed by atoms with Crippen molar-refractivity contribution in [3.05, 3.63) is 23.8 Å². The fourth-order valence-corrected chi connectivity index (χ4v) is 3.35. The van der Waals surface area contributed by atoms with Crippen LogP contribution in [0.2, 0.25) is 0 Å². The number of hydrazone groups is 1. The van der Waals surface area contributed by atoms with E-state index < -0.39 is 0 Å². The average Bonchev–Trinajstić information content (AvgIpc) is 2.62. The summed E-state index contributed by atoms with van der Waals surface area (Å²) in [5.41, 5.74) is 12.2. The van der Waals surface area contributed by atoms with E-state index in [4.69, 9.17) is 10.5 Å². The Hall–Kier alpha value is -2.77. The molecule has 8 heteroatoms. The highest BCUT2D eigenvalue weighted by Gasteiger charge is 2.25. The number of carbonyl (C=O) groups is 2. The van der Waals surface area contributed by atoms with Crippen LogP contribution in [0, 0.1) is 5.92 Å². The van der Waals surface area contributed by atoms with Crippen molar-refractivity contribution < 1.29 is 14.3 Å². The van der Waals surface area contributed by atoms with Crippen molar-refractivity contribution in [2.75, 3.05) is 43.4 Å². The summed E-state index contributed by atoms with van der Waals surface area (Å²) in [6, 6.07) is 5.87. The minimum absolute atomic E-state index is 0.0575. The first kappa shape index (κ1) is 18.0. The van der Waals surface area contributed by atoms with E-state index in [1.54, 1.807) is 11.8 Å². The molecule has 2 aliphatic rings. The normalized spacial score (nSPS) is 20.5. The Balaban J connectivity index is 1.69. The Bertz CT molecular complexity index is 726. The fourth-order valence-electron chi connectivity index (χ4n) is 3.35. The standard InChI is InChI=1S/C18H25N5O3/c1-3-26-18(25)23-8-6-22(7-9-23)15-5-4-13(11-14(15)19)17-12(2)10-16(24)20-21-17/h4-5,11-12H,3,6-10,19H2,1-2H3,(H,20,24). The number of amides is 2. The summed E-state index contributed by atoms with van der Waals surface area (Å²) in [7, 11) is 0. The average molecular weight is 359 g/mol. The predicted octanol–water partition coefficient (Wildman–Crippen LogP) is 1.41.